The lowest BCUT2D eigenvalue weighted by Crippen LogP contribution is -2.39. The molecule has 0 aromatic heterocycles. The summed E-state index contributed by atoms with van der Waals surface area (Å²) >= 11 is 9.70. The van der Waals surface area contributed by atoms with Crippen molar-refractivity contribution in [2.24, 2.45) is 5.92 Å². The Hall–Kier alpha value is -0.100. The van der Waals surface area contributed by atoms with E-state index in [-0.39, 0.29) is 12.0 Å². The topological polar surface area (TPSA) is 46.2 Å². The molecule has 1 aliphatic rings. The molecule has 2 unspecified atom stereocenters. The molecule has 1 saturated heterocycles. The number of nitrogens with one attached hydrogen (secondary N) is 1. The van der Waals surface area contributed by atoms with Crippen LogP contribution in [0.2, 0.25) is 5.02 Å². The SMILES string of the molecule is CCCNC(Cc1ccc(Br)cc1Cl)C1CCS(=O)(=O)C1. The zero-order valence-corrected chi connectivity index (χ0v) is 15.3. The van der Waals surface area contributed by atoms with E-state index in [0.717, 1.165) is 40.9 Å². The van der Waals surface area contributed by atoms with E-state index in [2.05, 4.69) is 28.2 Å². The Morgan fingerprint density at radius 3 is 2.81 bits per heavy atom. The zero-order valence-electron chi connectivity index (χ0n) is 12.1. The van der Waals surface area contributed by atoms with Crippen LogP contribution in [0.3, 0.4) is 0 Å². The van der Waals surface area contributed by atoms with Gasteiger partial charge in [0.2, 0.25) is 0 Å². The van der Waals surface area contributed by atoms with Crippen molar-refractivity contribution in [2.75, 3.05) is 18.1 Å². The fourth-order valence-corrected chi connectivity index (χ4v) is 5.43. The molecule has 0 spiro atoms. The van der Waals surface area contributed by atoms with E-state index in [1.807, 2.05) is 18.2 Å². The van der Waals surface area contributed by atoms with Crippen molar-refractivity contribution < 1.29 is 8.42 Å². The maximum atomic E-state index is 11.7. The minimum Gasteiger partial charge on any atom is -0.313 e. The Morgan fingerprint density at radius 1 is 1.48 bits per heavy atom. The third-order valence-electron chi connectivity index (χ3n) is 3.95. The van der Waals surface area contributed by atoms with Crippen LogP contribution in [0, 0.1) is 5.92 Å². The molecule has 21 heavy (non-hydrogen) atoms. The van der Waals surface area contributed by atoms with Crippen LogP contribution in [0.1, 0.15) is 25.3 Å². The number of halogens is 2. The van der Waals surface area contributed by atoms with Crippen molar-refractivity contribution in [3.05, 3.63) is 33.3 Å². The molecule has 1 fully saturated rings. The molecule has 118 valence electrons. The first-order valence-electron chi connectivity index (χ1n) is 7.29. The van der Waals surface area contributed by atoms with E-state index in [1.165, 1.54) is 0 Å². The first kappa shape index (κ1) is 17.3. The highest BCUT2D eigenvalue weighted by molar-refractivity contribution is 9.10. The molecule has 0 bridgehead atoms. The second kappa shape index (κ2) is 7.44. The largest absolute Gasteiger partial charge is 0.313 e. The lowest BCUT2D eigenvalue weighted by Gasteiger charge is -2.24. The molecule has 2 rings (SSSR count). The minimum absolute atomic E-state index is 0.168. The van der Waals surface area contributed by atoms with Crippen LogP contribution >= 0.6 is 27.5 Å². The average molecular weight is 395 g/mol. The first-order chi connectivity index (χ1) is 9.91. The van der Waals surface area contributed by atoms with Crippen LogP contribution in [0.4, 0.5) is 0 Å². The molecule has 0 saturated carbocycles. The smallest absolute Gasteiger partial charge is 0.150 e. The van der Waals surface area contributed by atoms with Crippen molar-refractivity contribution >= 4 is 37.4 Å². The van der Waals surface area contributed by atoms with Gasteiger partial charge in [0.1, 0.15) is 0 Å². The van der Waals surface area contributed by atoms with Crippen molar-refractivity contribution in [2.45, 2.75) is 32.2 Å². The third-order valence-corrected chi connectivity index (χ3v) is 6.59. The van der Waals surface area contributed by atoms with Crippen LogP contribution in [0.5, 0.6) is 0 Å². The Labute approximate surface area is 140 Å². The van der Waals surface area contributed by atoms with E-state index < -0.39 is 9.84 Å². The molecule has 6 heteroatoms. The molecule has 1 aliphatic heterocycles. The molecule has 0 amide bonds. The molecule has 1 aromatic rings. The summed E-state index contributed by atoms with van der Waals surface area (Å²) in [6.45, 7) is 3.01. The van der Waals surface area contributed by atoms with Crippen LogP contribution in [0.15, 0.2) is 22.7 Å². The van der Waals surface area contributed by atoms with Gasteiger partial charge in [0, 0.05) is 15.5 Å². The van der Waals surface area contributed by atoms with Crippen molar-refractivity contribution in [1.82, 2.24) is 5.32 Å². The number of rotatable bonds is 6. The van der Waals surface area contributed by atoms with E-state index in [0.29, 0.717) is 11.5 Å². The van der Waals surface area contributed by atoms with Gasteiger partial charge in [0.15, 0.2) is 9.84 Å². The molecule has 1 heterocycles. The third kappa shape index (κ3) is 4.95. The van der Waals surface area contributed by atoms with E-state index in [9.17, 15) is 8.42 Å². The summed E-state index contributed by atoms with van der Waals surface area (Å²) in [6.07, 6.45) is 2.55. The van der Waals surface area contributed by atoms with Crippen LogP contribution < -0.4 is 5.32 Å². The average Bonchev–Trinajstić information content (AvgIpc) is 2.77. The minimum atomic E-state index is -2.86. The summed E-state index contributed by atoms with van der Waals surface area (Å²) in [5.74, 6) is 0.791. The quantitative estimate of drug-likeness (QED) is 0.804. The molecule has 1 aromatic carbocycles. The van der Waals surface area contributed by atoms with E-state index >= 15 is 0 Å². The van der Waals surface area contributed by atoms with E-state index in [1.54, 1.807) is 0 Å². The van der Waals surface area contributed by atoms with Gasteiger partial charge in [0.25, 0.3) is 0 Å². The van der Waals surface area contributed by atoms with Crippen molar-refractivity contribution in [3.63, 3.8) is 0 Å². The normalized spacial score (nSPS) is 22.3. The van der Waals surface area contributed by atoms with Gasteiger partial charge in [-0.05, 0) is 49.4 Å². The second-order valence-corrected chi connectivity index (χ2v) is 9.22. The van der Waals surface area contributed by atoms with Gasteiger partial charge in [-0.1, -0.05) is 40.5 Å². The summed E-state index contributed by atoms with van der Waals surface area (Å²) in [6, 6.07) is 6.04. The summed E-state index contributed by atoms with van der Waals surface area (Å²) in [4.78, 5) is 0. The maximum absolute atomic E-state index is 11.7. The van der Waals surface area contributed by atoms with Gasteiger partial charge in [-0.2, -0.15) is 0 Å². The molecular formula is C15H21BrClNO2S. The maximum Gasteiger partial charge on any atom is 0.150 e. The molecule has 3 nitrogen and oxygen atoms in total. The Morgan fingerprint density at radius 2 is 2.24 bits per heavy atom. The summed E-state index contributed by atoms with van der Waals surface area (Å²) in [7, 11) is -2.86. The highest BCUT2D eigenvalue weighted by Gasteiger charge is 2.33. The van der Waals surface area contributed by atoms with Crippen LogP contribution in [0.25, 0.3) is 0 Å². The fourth-order valence-electron chi connectivity index (χ4n) is 2.80. The predicted octanol–water partition coefficient (Wildman–Crippen LogP) is 3.45. The van der Waals surface area contributed by atoms with Gasteiger partial charge in [-0.15, -0.1) is 0 Å². The van der Waals surface area contributed by atoms with E-state index in [4.69, 9.17) is 11.6 Å². The van der Waals surface area contributed by atoms with Gasteiger partial charge in [0.05, 0.1) is 11.5 Å². The highest BCUT2D eigenvalue weighted by atomic mass is 79.9. The molecule has 0 radical (unpaired) electrons. The summed E-state index contributed by atoms with van der Waals surface area (Å²) in [5, 5.41) is 4.23. The predicted molar refractivity (Wildman–Crippen MR) is 91.7 cm³/mol. The number of sulfone groups is 1. The molecule has 0 aliphatic carbocycles. The standard InChI is InChI=1S/C15H21BrClNO2S/c1-2-6-18-15(12-5-7-21(19,20)10-12)8-11-3-4-13(16)9-14(11)17/h3-4,9,12,15,18H,2,5-8,10H2,1H3. The first-order valence-corrected chi connectivity index (χ1v) is 10.3. The fraction of sp³-hybridized carbons (Fsp3) is 0.600. The molecule has 2 atom stereocenters. The van der Waals surface area contributed by atoms with Crippen LogP contribution in [-0.2, 0) is 16.3 Å². The Balaban J connectivity index is 2.12. The van der Waals surface area contributed by atoms with Gasteiger partial charge in [-0.3, -0.25) is 0 Å². The van der Waals surface area contributed by atoms with Gasteiger partial charge < -0.3 is 5.32 Å². The number of hydrogen-bond acceptors (Lipinski definition) is 3. The number of benzene rings is 1. The van der Waals surface area contributed by atoms with Crippen molar-refractivity contribution in [3.8, 4) is 0 Å². The van der Waals surface area contributed by atoms with Crippen molar-refractivity contribution in [1.29, 1.82) is 0 Å². The zero-order chi connectivity index (χ0) is 15.5. The molecular weight excluding hydrogens is 374 g/mol. The monoisotopic (exact) mass is 393 g/mol. The van der Waals surface area contributed by atoms with Gasteiger partial charge in [-0.25, -0.2) is 8.42 Å². The Kier molecular flexibility index (Phi) is 6.12. The lowest BCUT2D eigenvalue weighted by atomic mass is 9.93. The second-order valence-electron chi connectivity index (χ2n) is 5.66. The summed E-state index contributed by atoms with van der Waals surface area (Å²) in [5.41, 5.74) is 1.07. The lowest BCUT2D eigenvalue weighted by molar-refractivity contribution is 0.379. The van der Waals surface area contributed by atoms with Crippen LogP contribution in [-0.4, -0.2) is 32.5 Å². The number of hydrogen-bond donors (Lipinski definition) is 1. The molecule has 1 N–H and O–H groups in total. The summed E-state index contributed by atoms with van der Waals surface area (Å²) < 4.78 is 24.4. The van der Waals surface area contributed by atoms with Gasteiger partial charge >= 0.3 is 0 Å². The highest BCUT2D eigenvalue weighted by Crippen LogP contribution is 2.27. The Bertz CT molecular complexity index is 591.